The maximum absolute atomic E-state index is 12.3. The van der Waals surface area contributed by atoms with Crippen LogP contribution in [-0.2, 0) is 0 Å². The standard InChI is InChI=1S/C13H13N3O3/c1-8-6-9(4-5-14-8)12(17)11-13(19-3)16-10(18-2)7-15-11/h4-7H,1-3H3. The Kier molecular flexibility index (Phi) is 3.70. The highest BCUT2D eigenvalue weighted by Gasteiger charge is 2.18. The van der Waals surface area contributed by atoms with Gasteiger partial charge in [-0.3, -0.25) is 9.78 Å². The van der Waals surface area contributed by atoms with Crippen LogP contribution in [0.15, 0.2) is 24.5 Å². The quantitative estimate of drug-likeness (QED) is 0.773. The summed E-state index contributed by atoms with van der Waals surface area (Å²) in [5.41, 5.74) is 1.39. The SMILES string of the molecule is COc1cnc(C(=O)c2ccnc(C)c2)c(OC)n1. The lowest BCUT2D eigenvalue weighted by Gasteiger charge is -2.07. The Morgan fingerprint density at radius 1 is 1.21 bits per heavy atom. The van der Waals surface area contributed by atoms with Crippen LogP contribution in [0.3, 0.4) is 0 Å². The van der Waals surface area contributed by atoms with Gasteiger partial charge in [0.2, 0.25) is 17.5 Å². The minimum Gasteiger partial charge on any atom is -0.480 e. The Morgan fingerprint density at radius 2 is 2.00 bits per heavy atom. The summed E-state index contributed by atoms with van der Waals surface area (Å²) in [6.07, 6.45) is 2.95. The number of pyridine rings is 1. The minimum absolute atomic E-state index is 0.138. The van der Waals surface area contributed by atoms with E-state index in [9.17, 15) is 4.79 Å². The smallest absolute Gasteiger partial charge is 0.247 e. The van der Waals surface area contributed by atoms with Crippen LogP contribution < -0.4 is 9.47 Å². The average Bonchev–Trinajstić information content (AvgIpc) is 2.45. The molecule has 6 heteroatoms. The molecule has 2 heterocycles. The fourth-order valence-corrected chi connectivity index (χ4v) is 1.58. The first-order chi connectivity index (χ1) is 9.15. The molecule has 98 valence electrons. The number of aryl methyl sites for hydroxylation is 1. The molecule has 0 spiro atoms. The van der Waals surface area contributed by atoms with Crippen molar-refractivity contribution in [3.63, 3.8) is 0 Å². The van der Waals surface area contributed by atoms with Crippen molar-refractivity contribution in [3.05, 3.63) is 41.5 Å². The third kappa shape index (κ3) is 2.67. The van der Waals surface area contributed by atoms with Gasteiger partial charge in [-0.2, -0.15) is 4.98 Å². The maximum atomic E-state index is 12.3. The molecule has 6 nitrogen and oxygen atoms in total. The number of rotatable bonds is 4. The maximum Gasteiger partial charge on any atom is 0.247 e. The van der Waals surface area contributed by atoms with E-state index in [0.29, 0.717) is 11.4 Å². The van der Waals surface area contributed by atoms with Gasteiger partial charge in [-0.1, -0.05) is 0 Å². The van der Waals surface area contributed by atoms with Gasteiger partial charge in [0.05, 0.1) is 20.4 Å². The summed E-state index contributed by atoms with van der Waals surface area (Å²) in [6, 6.07) is 3.31. The summed E-state index contributed by atoms with van der Waals surface area (Å²) < 4.78 is 10.0. The molecule has 0 aromatic carbocycles. The van der Waals surface area contributed by atoms with Crippen LogP contribution in [0.4, 0.5) is 0 Å². The highest BCUT2D eigenvalue weighted by atomic mass is 16.5. The normalized spacial score (nSPS) is 10.1. The Morgan fingerprint density at radius 3 is 2.63 bits per heavy atom. The lowest BCUT2D eigenvalue weighted by Crippen LogP contribution is -2.09. The van der Waals surface area contributed by atoms with Crippen molar-refractivity contribution in [2.24, 2.45) is 0 Å². The number of hydrogen-bond acceptors (Lipinski definition) is 6. The van der Waals surface area contributed by atoms with Crippen molar-refractivity contribution < 1.29 is 14.3 Å². The second-order valence-electron chi connectivity index (χ2n) is 3.79. The number of methoxy groups -OCH3 is 2. The lowest BCUT2D eigenvalue weighted by atomic mass is 10.1. The second kappa shape index (κ2) is 5.43. The van der Waals surface area contributed by atoms with Gasteiger partial charge in [0.15, 0.2) is 5.69 Å². The first-order valence-electron chi connectivity index (χ1n) is 5.58. The zero-order valence-electron chi connectivity index (χ0n) is 10.9. The van der Waals surface area contributed by atoms with E-state index in [1.54, 1.807) is 18.3 Å². The van der Waals surface area contributed by atoms with E-state index < -0.39 is 0 Å². The van der Waals surface area contributed by atoms with Crippen molar-refractivity contribution >= 4 is 5.78 Å². The van der Waals surface area contributed by atoms with E-state index in [1.165, 1.54) is 20.4 Å². The van der Waals surface area contributed by atoms with Gasteiger partial charge in [-0.25, -0.2) is 4.98 Å². The first kappa shape index (κ1) is 12.9. The topological polar surface area (TPSA) is 74.2 Å². The van der Waals surface area contributed by atoms with Gasteiger partial charge >= 0.3 is 0 Å². The molecule has 19 heavy (non-hydrogen) atoms. The van der Waals surface area contributed by atoms with Crippen LogP contribution in [0.1, 0.15) is 21.7 Å². The lowest BCUT2D eigenvalue weighted by molar-refractivity contribution is 0.103. The summed E-state index contributed by atoms with van der Waals surface area (Å²) >= 11 is 0. The molecular weight excluding hydrogens is 246 g/mol. The van der Waals surface area contributed by atoms with E-state index in [4.69, 9.17) is 9.47 Å². The summed E-state index contributed by atoms with van der Waals surface area (Å²) in [4.78, 5) is 24.5. The van der Waals surface area contributed by atoms with Gasteiger partial charge in [-0.15, -0.1) is 0 Å². The number of ketones is 1. The zero-order valence-corrected chi connectivity index (χ0v) is 10.9. The molecule has 2 aromatic rings. The summed E-state index contributed by atoms with van der Waals surface area (Å²) in [6.45, 7) is 1.81. The van der Waals surface area contributed by atoms with E-state index in [2.05, 4.69) is 15.0 Å². The fourth-order valence-electron chi connectivity index (χ4n) is 1.58. The number of aromatic nitrogens is 3. The molecule has 0 bridgehead atoms. The third-order valence-corrected chi connectivity index (χ3v) is 2.49. The summed E-state index contributed by atoms with van der Waals surface area (Å²) in [5.74, 6) is 0.163. The predicted molar refractivity (Wildman–Crippen MR) is 67.5 cm³/mol. The van der Waals surface area contributed by atoms with Crippen molar-refractivity contribution in [1.82, 2.24) is 15.0 Å². The van der Waals surface area contributed by atoms with Gasteiger partial charge in [0, 0.05) is 17.5 Å². The second-order valence-corrected chi connectivity index (χ2v) is 3.79. The van der Waals surface area contributed by atoms with Crippen molar-refractivity contribution in [2.75, 3.05) is 14.2 Å². The Balaban J connectivity index is 2.44. The molecule has 0 atom stereocenters. The number of carbonyl (C=O) groups excluding carboxylic acids is 1. The van der Waals surface area contributed by atoms with Gasteiger partial charge in [-0.05, 0) is 19.1 Å². The minimum atomic E-state index is -0.266. The van der Waals surface area contributed by atoms with E-state index in [1.807, 2.05) is 6.92 Å². The van der Waals surface area contributed by atoms with Gasteiger partial charge in [0.25, 0.3) is 0 Å². The Labute approximate surface area is 110 Å². The number of nitrogens with zero attached hydrogens (tertiary/aromatic N) is 3. The number of hydrogen-bond donors (Lipinski definition) is 0. The van der Waals surface area contributed by atoms with Crippen LogP contribution in [0.25, 0.3) is 0 Å². The van der Waals surface area contributed by atoms with Crippen molar-refractivity contribution in [1.29, 1.82) is 0 Å². The third-order valence-electron chi connectivity index (χ3n) is 2.49. The zero-order chi connectivity index (χ0) is 13.8. The molecule has 0 aliphatic rings. The van der Waals surface area contributed by atoms with Crippen LogP contribution in [0, 0.1) is 6.92 Å². The molecule has 0 aliphatic carbocycles. The van der Waals surface area contributed by atoms with Crippen LogP contribution in [0.2, 0.25) is 0 Å². The molecule has 0 aliphatic heterocycles. The van der Waals surface area contributed by atoms with E-state index in [-0.39, 0.29) is 17.4 Å². The van der Waals surface area contributed by atoms with Crippen LogP contribution in [0.5, 0.6) is 11.8 Å². The van der Waals surface area contributed by atoms with E-state index >= 15 is 0 Å². The van der Waals surface area contributed by atoms with Crippen LogP contribution >= 0.6 is 0 Å². The molecule has 0 radical (unpaired) electrons. The number of carbonyl (C=O) groups is 1. The van der Waals surface area contributed by atoms with Crippen molar-refractivity contribution in [2.45, 2.75) is 6.92 Å². The molecule has 0 saturated carbocycles. The number of ether oxygens (including phenoxy) is 2. The summed E-state index contributed by atoms with van der Waals surface area (Å²) in [5, 5.41) is 0. The highest BCUT2D eigenvalue weighted by Crippen LogP contribution is 2.20. The summed E-state index contributed by atoms with van der Waals surface area (Å²) in [7, 11) is 2.90. The molecule has 0 unspecified atom stereocenters. The van der Waals surface area contributed by atoms with Gasteiger partial charge < -0.3 is 9.47 Å². The Hall–Kier alpha value is -2.50. The fraction of sp³-hybridized carbons (Fsp3) is 0.231. The monoisotopic (exact) mass is 259 g/mol. The van der Waals surface area contributed by atoms with E-state index in [0.717, 1.165) is 5.69 Å². The highest BCUT2D eigenvalue weighted by molar-refractivity contribution is 6.09. The molecule has 0 amide bonds. The predicted octanol–water partition coefficient (Wildman–Crippen LogP) is 1.43. The molecular formula is C13H13N3O3. The van der Waals surface area contributed by atoms with Crippen LogP contribution in [-0.4, -0.2) is 35.0 Å². The van der Waals surface area contributed by atoms with Gasteiger partial charge in [0.1, 0.15) is 0 Å². The van der Waals surface area contributed by atoms with Crippen molar-refractivity contribution in [3.8, 4) is 11.8 Å². The molecule has 2 aromatic heterocycles. The molecule has 2 rings (SSSR count). The largest absolute Gasteiger partial charge is 0.480 e. The average molecular weight is 259 g/mol. The Bertz CT molecular complexity index is 614. The first-order valence-corrected chi connectivity index (χ1v) is 5.58. The molecule has 0 fully saturated rings. The molecule has 0 saturated heterocycles. The molecule has 0 N–H and O–H groups in total.